The van der Waals surface area contributed by atoms with E-state index >= 15 is 0 Å². The lowest BCUT2D eigenvalue weighted by molar-refractivity contribution is -0.145. The Morgan fingerprint density at radius 2 is 1.96 bits per heavy atom. The number of amides is 1. The molecule has 3 rings (SSSR count). The number of para-hydroxylation sites is 1. The Bertz CT molecular complexity index is 741. The first kappa shape index (κ1) is 17.2. The molecule has 1 aliphatic rings. The predicted octanol–water partition coefficient (Wildman–Crippen LogP) is 2.72. The van der Waals surface area contributed by atoms with Crippen molar-refractivity contribution in [3.63, 3.8) is 0 Å². The molecule has 1 heterocycles. The monoisotopic (exact) mass is 341 g/mol. The number of aliphatic carboxylic acids is 1. The van der Waals surface area contributed by atoms with Crippen LogP contribution in [0.4, 0.5) is 0 Å². The zero-order valence-electron chi connectivity index (χ0n) is 14.3. The fraction of sp³-hybridized carbons (Fsp3) is 0.421. The average molecular weight is 341 g/mol. The van der Waals surface area contributed by atoms with E-state index in [1.165, 1.54) is 0 Å². The van der Waals surface area contributed by atoms with E-state index in [0.29, 0.717) is 19.4 Å². The molecule has 0 bridgehead atoms. The van der Waals surface area contributed by atoms with Crippen LogP contribution in [0.15, 0.2) is 42.7 Å². The van der Waals surface area contributed by atoms with Gasteiger partial charge >= 0.3 is 5.97 Å². The maximum absolute atomic E-state index is 12.7. The predicted molar refractivity (Wildman–Crippen MR) is 93.1 cm³/mol. The minimum Gasteiger partial charge on any atom is -0.481 e. The van der Waals surface area contributed by atoms with Crippen LogP contribution < -0.4 is 0 Å². The summed E-state index contributed by atoms with van der Waals surface area (Å²) in [7, 11) is 1.77. The lowest BCUT2D eigenvalue weighted by Gasteiger charge is -2.29. The number of nitrogens with zero attached hydrogens (tertiary/aromatic N) is 3. The van der Waals surface area contributed by atoms with Gasteiger partial charge in [0.25, 0.3) is 0 Å². The molecule has 0 radical (unpaired) electrons. The van der Waals surface area contributed by atoms with Gasteiger partial charge in [0.15, 0.2) is 0 Å². The molecule has 6 heteroatoms. The van der Waals surface area contributed by atoms with Gasteiger partial charge in [0.05, 0.1) is 17.8 Å². The highest BCUT2D eigenvalue weighted by Gasteiger charge is 2.32. The molecule has 1 saturated carbocycles. The molecule has 1 amide bonds. The van der Waals surface area contributed by atoms with Crippen LogP contribution in [0.2, 0.25) is 0 Å². The third-order valence-corrected chi connectivity index (χ3v) is 4.83. The van der Waals surface area contributed by atoms with Crippen molar-refractivity contribution in [1.29, 1.82) is 0 Å². The number of hydrogen-bond donors (Lipinski definition) is 1. The Balaban J connectivity index is 1.62. The summed E-state index contributed by atoms with van der Waals surface area (Å²) in [5.41, 5.74) is 1.92. The topological polar surface area (TPSA) is 75.4 Å². The molecule has 0 aliphatic heterocycles. The van der Waals surface area contributed by atoms with Gasteiger partial charge in [0, 0.05) is 31.3 Å². The molecule has 0 saturated heterocycles. The van der Waals surface area contributed by atoms with E-state index in [1.54, 1.807) is 22.8 Å². The van der Waals surface area contributed by atoms with E-state index in [4.69, 9.17) is 0 Å². The first-order valence-electron chi connectivity index (χ1n) is 8.61. The van der Waals surface area contributed by atoms with Crippen molar-refractivity contribution in [1.82, 2.24) is 14.7 Å². The number of carbonyl (C=O) groups is 2. The second-order valence-corrected chi connectivity index (χ2v) is 6.72. The van der Waals surface area contributed by atoms with Crippen LogP contribution in [0.25, 0.3) is 5.69 Å². The molecule has 1 N–H and O–H groups in total. The fourth-order valence-corrected chi connectivity index (χ4v) is 3.47. The van der Waals surface area contributed by atoms with Crippen LogP contribution in [0, 0.1) is 11.8 Å². The van der Waals surface area contributed by atoms with E-state index in [1.807, 2.05) is 36.5 Å². The highest BCUT2D eigenvalue weighted by molar-refractivity contribution is 5.80. The van der Waals surface area contributed by atoms with Crippen LogP contribution in [-0.2, 0) is 16.1 Å². The Morgan fingerprint density at radius 1 is 1.24 bits per heavy atom. The molecule has 2 atom stereocenters. The molecular formula is C19H23N3O3. The Labute approximate surface area is 147 Å². The van der Waals surface area contributed by atoms with Crippen LogP contribution in [-0.4, -0.2) is 38.7 Å². The number of rotatable bonds is 5. The third-order valence-electron chi connectivity index (χ3n) is 4.83. The number of carboxylic acid groups (broad SMARTS) is 1. The minimum atomic E-state index is -0.788. The quantitative estimate of drug-likeness (QED) is 0.907. The molecule has 1 aliphatic carbocycles. The van der Waals surface area contributed by atoms with Crippen molar-refractivity contribution in [3.05, 3.63) is 48.3 Å². The zero-order valence-corrected chi connectivity index (χ0v) is 14.3. The standard InChI is InChI=1S/C19H23N3O3/c1-21(18(23)15-6-5-7-16(10-15)19(24)25)12-14-11-20-22(13-14)17-8-3-2-4-9-17/h2-4,8-9,11,13,15-16H,5-7,10,12H2,1H3,(H,24,25)/t15-,16+/m0/s1. The minimum absolute atomic E-state index is 0.0263. The maximum Gasteiger partial charge on any atom is 0.306 e. The zero-order chi connectivity index (χ0) is 17.8. The Hall–Kier alpha value is -2.63. The second kappa shape index (κ2) is 7.51. The molecule has 2 aromatic rings. The first-order valence-corrected chi connectivity index (χ1v) is 8.61. The fourth-order valence-electron chi connectivity index (χ4n) is 3.47. The number of benzene rings is 1. The number of carbonyl (C=O) groups excluding carboxylic acids is 1. The molecule has 132 valence electrons. The lowest BCUT2D eigenvalue weighted by Crippen LogP contribution is -2.36. The molecule has 0 unspecified atom stereocenters. The van der Waals surface area contributed by atoms with E-state index in [0.717, 1.165) is 24.1 Å². The number of aromatic nitrogens is 2. The van der Waals surface area contributed by atoms with Gasteiger partial charge in [-0.3, -0.25) is 9.59 Å². The number of hydrogen-bond acceptors (Lipinski definition) is 3. The molecule has 1 aromatic heterocycles. The summed E-state index contributed by atoms with van der Waals surface area (Å²) in [6, 6.07) is 9.80. The molecule has 25 heavy (non-hydrogen) atoms. The largest absolute Gasteiger partial charge is 0.481 e. The SMILES string of the molecule is CN(Cc1cnn(-c2ccccc2)c1)C(=O)[C@H]1CCC[C@@H](C(=O)O)C1. The summed E-state index contributed by atoms with van der Waals surface area (Å²) >= 11 is 0. The van der Waals surface area contributed by atoms with Crippen molar-refractivity contribution >= 4 is 11.9 Å². The van der Waals surface area contributed by atoms with Crippen LogP contribution >= 0.6 is 0 Å². The van der Waals surface area contributed by atoms with Crippen LogP contribution in [0.5, 0.6) is 0 Å². The van der Waals surface area contributed by atoms with Gasteiger partial charge in [-0.1, -0.05) is 24.6 Å². The van der Waals surface area contributed by atoms with Gasteiger partial charge in [0.1, 0.15) is 0 Å². The lowest BCUT2D eigenvalue weighted by atomic mass is 9.81. The van der Waals surface area contributed by atoms with E-state index in [2.05, 4.69) is 5.10 Å². The summed E-state index contributed by atoms with van der Waals surface area (Å²) in [6.07, 6.45) is 6.37. The summed E-state index contributed by atoms with van der Waals surface area (Å²) in [4.78, 5) is 25.5. The van der Waals surface area contributed by atoms with Crippen molar-refractivity contribution in [2.75, 3.05) is 7.05 Å². The van der Waals surface area contributed by atoms with Crippen molar-refractivity contribution in [3.8, 4) is 5.69 Å². The molecule has 1 aromatic carbocycles. The van der Waals surface area contributed by atoms with Gasteiger partial charge in [-0.25, -0.2) is 4.68 Å². The van der Waals surface area contributed by atoms with Gasteiger partial charge in [-0.05, 0) is 31.4 Å². The van der Waals surface area contributed by atoms with Crippen LogP contribution in [0.3, 0.4) is 0 Å². The average Bonchev–Trinajstić information content (AvgIpc) is 3.10. The molecule has 0 spiro atoms. The van der Waals surface area contributed by atoms with Crippen molar-refractivity contribution in [2.45, 2.75) is 32.2 Å². The van der Waals surface area contributed by atoms with E-state index < -0.39 is 11.9 Å². The van der Waals surface area contributed by atoms with Crippen LogP contribution in [0.1, 0.15) is 31.2 Å². The summed E-state index contributed by atoms with van der Waals surface area (Å²) in [5, 5.41) is 13.5. The highest BCUT2D eigenvalue weighted by atomic mass is 16.4. The maximum atomic E-state index is 12.7. The molecule has 1 fully saturated rings. The van der Waals surface area contributed by atoms with Gasteiger partial charge in [0.2, 0.25) is 5.91 Å². The molecule has 6 nitrogen and oxygen atoms in total. The van der Waals surface area contributed by atoms with E-state index in [9.17, 15) is 14.7 Å². The van der Waals surface area contributed by atoms with Gasteiger partial charge in [-0.2, -0.15) is 5.10 Å². The molecular weight excluding hydrogens is 318 g/mol. The normalized spacial score (nSPS) is 20.2. The Kier molecular flexibility index (Phi) is 5.16. The van der Waals surface area contributed by atoms with Gasteiger partial charge < -0.3 is 10.0 Å². The van der Waals surface area contributed by atoms with Gasteiger partial charge in [-0.15, -0.1) is 0 Å². The first-order chi connectivity index (χ1) is 12.0. The summed E-state index contributed by atoms with van der Waals surface area (Å²) in [6.45, 7) is 0.472. The Morgan fingerprint density at radius 3 is 2.68 bits per heavy atom. The summed E-state index contributed by atoms with van der Waals surface area (Å²) < 4.78 is 1.79. The summed E-state index contributed by atoms with van der Waals surface area (Å²) in [5.74, 6) is -1.34. The third kappa shape index (κ3) is 4.07. The smallest absolute Gasteiger partial charge is 0.306 e. The van der Waals surface area contributed by atoms with E-state index in [-0.39, 0.29) is 11.8 Å². The highest BCUT2D eigenvalue weighted by Crippen LogP contribution is 2.30. The second-order valence-electron chi connectivity index (χ2n) is 6.72. The number of carboxylic acids is 1. The van der Waals surface area contributed by atoms with Crippen molar-refractivity contribution in [2.24, 2.45) is 11.8 Å². The van der Waals surface area contributed by atoms with Crippen molar-refractivity contribution < 1.29 is 14.7 Å².